The van der Waals surface area contributed by atoms with E-state index in [1.807, 2.05) is 41.7 Å². The van der Waals surface area contributed by atoms with Crippen molar-refractivity contribution in [3.05, 3.63) is 48.3 Å². The van der Waals surface area contributed by atoms with E-state index in [1.54, 1.807) is 12.5 Å². The lowest BCUT2D eigenvalue weighted by atomic mass is 10.0. The summed E-state index contributed by atoms with van der Waals surface area (Å²) in [4.78, 5) is 13.8. The van der Waals surface area contributed by atoms with Crippen molar-refractivity contribution >= 4 is 16.7 Å². The highest BCUT2D eigenvalue weighted by molar-refractivity contribution is 5.94. The normalized spacial score (nSPS) is 11.4. The van der Waals surface area contributed by atoms with Gasteiger partial charge in [0, 0.05) is 32.2 Å². The molecule has 8 nitrogen and oxygen atoms in total. The summed E-state index contributed by atoms with van der Waals surface area (Å²) in [5, 5.41) is 9.37. The van der Waals surface area contributed by atoms with Crippen molar-refractivity contribution in [2.75, 3.05) is 11.9 Å². The first-order chi connectivity index (χ1) is 15.0. The third-order valence-electron chi connectivity index (χ3n) is 5.08. The fourth-order valence-corrected chi connectivity index (χ4v) is 3.60. The molecule has 0 spiro atoms. The van der Waals surface area contributed by atoms with Crippen molar-refractivity contribution in [1.82, 2.24) is 29.3 Å². The fourth-order valence-electron chi connectivity index (χ4n) is 3.60. The summed E-state index contributed by atoms with van der Waals surface area (Å²) in [6.45, 7) is 7.60. The van der Waals surface area contributed by atoms with Gasteiger partial charge in [0.25, 0.3) is 0 Å². The molecule has 31 heavy (non-hydrogen) atoms. The molecule has 0 radical (unpaired) electrons. The van der Waals surface area contributed by atoms with Crippen LogP contribution in [0.25, 0.3) is 22.3 Å². The van der Waals surface area contributed by atoms with Gasteiger partial charge in [-0.15, -0.1) is 0 Å². The van der Waals surface area contributed by atoms with Gasteiger partial charge in [0.15, 0.2) is 5.65 Å². The zero-order valence-electron chi connectivity index (χ0n) is 18.8. The van der Waals surface area contributed by atoms with Crippen LogP contribution in [0.5, 0.6) is 5.88 Å². The third kappa shape index (κ3) is 4.23. The Bertz CT molecular complexity index is 1190. The number of aromatic nitrogens is 6. The summed E-state index contributed by atoms with van der Waals surface area (Å²) in [5.74, 6) is 0.867. The van der Waals surface area contributed by atoms with Crippen molar-refractivity contribution in [3.8, 4) is 17.1 Å². The van der Waals surface area contributed by atoms with Crippen LogP contribution in [0.15, 0.2) is 36.9 Å². The van der Waals surface area contributed by atoms with Crippen LogP contribution < -0.4 is 10.1 Å². The first kappa shape index (κ1) is 20.8. The number of hydrogen-bond donors (Lipinski definition) is 1. The summed E-state index contributed by atoms with van der Waals surface area (Å²) in [6, 6.07) is 5.97. The minimum Gasteiger partial charge on any atom is -0.477 e. The maximum atomic E-state index is 5.89. The summed E-state index contributed by atoms with van der Waals surface area (Å²) in [6.07, 6.45) is 6.48. The quantitative estimate of drug-likeness (QED) is 0.459. The summed E-state index contributed by atoms with van der Waals surface area (Å²) >= 11 is 0. The molecule has 0 aliphatic rings. The van der Waals surface area contributed by atoms with Crippen LogP contribution in [0.4, 0.5) is 5.69 Å². The number of imidazole rings is 1. The smallest absolute Gasteiger partial charge is 0.222 e. The van der Waals surface area contributed by atoms with E-state index in [9.17, 15) is 0 Å². The Morgan fingerprint density at radius 1 is 1.19 bits per heavy atom. The fraction of sp³-hybridized carbons (Fsp3) is 0.391. The van der Waals surface area contributed by atoms with Gasteiger partial charge in [-0.05, 0) is 30.5 Å². The molecular formula is C23H29N7O. The average molecular weight is 420 g/mol. The maximum Gasteiger partial charge on any atom is 0.222 e. The number of nitrogens with one attached hydrogen (secondary N) is 1. The monoisotopic (exact) mass is 419 g/mol. The lowest BCUT2D eigenvalue weighted by Crippen LogP contribution is -2.04. The van der Waals surface area contributed by atoms with Gasteiger partial charge in [0.05, 0.1) is 47.5 Å². The van der Waals surface area contributed by atoms with Gasteiger partial charge in [-0.1, -0.05) is 20.8 Å². The number of ether oxygens (including phenoxy) is 1. The molecule has 0 unspecified atom stereocenters. The molecule has 8 heteroatoms. The molecule has 0 fully saturated rings. The number of anilines is 1. The van der Waals surface area contributed by atoms with E-state index in [0.717, 1.165) is 45.8 Å². The molecule has 0 saturated carbocycles. The van der Waals surface area contributed by atoms with Crippen LogP contribution >= 0.6 is 0 Å². The molecule has 162 valence electrons. The van der Waals surface area contributed by atoms with Gasteiger partial charge in [0.1, 0.15) is 0 Å². The molecule has 0 bridgehead atoms. The van der Waals surface area contributed by atoms with Crippen molar-refractivity contribution < 1.29 is 4.74 Å². The van der Waals surface area contributed by atoms with Crippen LogP contribution in [0.2, 0.25) is 0 Å². The summed E-state index contributed by atoms with van der Waals surface area (Å²) in [5.41, 5.74) is 5.47. The van der Waals surface area contributed by atoms with E-state index in [0.29, 0.717) is 19.0 Å². The van der Waals surface area contributed by atoms with Crippen LogP contribution in [-0.4, -0.2) is 35.9 Å². The average Bonchev–Trinajstić information content (AvgIpc) is 3.33. The van der Waals surface area contributed by atoms with Crippen molar-refractivity contribution in [1.29, 1.82) is 0 Å². The van der Waals surface area contributed by atoms with Gasteiger partial charge >= 0.3 is 0 Å². The Morgan fingerprint density at radius 2 is 2.03 bits per heavy atom. The Morgan fingerprint density at radius 3 is 2.74 bits per heavy atom. The maximum absolute atomic E-state index is 5.89. The molecular weight excluding hydrogens is 390 g/mol. The lowest BCUT2D eigenvalue weighted by molar-refractivity contribution is 0.306. The first-order valence-electron chi connectivity index (χ1n) is 10.6. The molecule has 1 N–H and O–H groups in total. The minimum absolute atomic E-state index is 0.272. The van der Waals surface area contributed by atoms with Crippen LogP contribution in [0, 0.1) is 0 Å². The number of pyridine rings is 2. The highest BCUT2D eigenvalue weighted by Gasteiger charge is 2.20. The SMILES string of the molecule is CCCOc1ncccc1-c1cc(NCc2cn(C)cn2)c2c(C(C)C)nn(C)c2n1. The molecule has 0 aromatic carbocycles. The van der Waals surface area contributed by atoms with Gasteiger partial charge < -0.3 is 14.6 Å². The van der Waals surface area contributed by atoms with E-state index >= 15 is 0 Å². The molecule has 0 aliphatic carbocycles. The number of nitrogens with zero attached hydrogens (tertiary/aromatic N) is 6. The Labute approximate surface area is 182 Å². The van der Waals surface area contributed by atoms with Gasteiger partial charge in [0.2, 0.25) is 5.88 Å². The molecule has 0 amide bonds. The second kappa shape index (κ2) is 8.75. The Kier molecular flexibility index (Phi) is 5.88. The van der Waals surface area contributed by atoms with Crippen LogP contribution in [0.1, 0.15) is 44.5 Å². The topological polar surface area (TPSA) is 82.7 Å². The molecule has 0 atom stereocenters. The third-order valence-corrected chi connectivity index (χ3v) is 5.08. The van der Waals surface area contributed by atoms with Crippen LogP contribution in [-0.2, 0) is 20.6 Å². The van der Waals surface area contributed by atoms with E-state index in [-0.39, 0.29) is 5.92 Å². The zero-order chi connectivity index (χ0) is 22.0. The lowest BCUT2D eigenvalue weighted by Gasteiger charge is -2.13. The van der Waals surface area contributed by atoms with Gasteiger partial charge in [-0.25, -0.2) is 15.0 Å². The second-order valence-corrected chi connectivity index (χ2v) is 8.01. The molecule has 0 aliphatic heterocycles. The van der Waals surface area contributed by atoms with Gasteiger partial charge in [-0.2, -0.15) is 5.10 Å². The van der Waals surface area contributed by atoms with E-state index in [4.69, 9.17) is 14.8 Å². The highest BCUT2D eigenvalue weighted by atomic mass is 16.5. The number of hydrogen-bond acceptors (Lipinski definition) is 6. The van der Waals surface area contributed by atoms with Crippen molar-refractivity contribution in [2.45, 2.75) is 39.7 Å². The standard InChI is InChI=1S/C23H29N7O/c1-6-10-31-23-17(8-7-9-24-23)18-11-19(25-12-16-13-29(4)14-26-16)20-21(15(2)3)28-30(5)22(20)27-18/h7-9,11,13-15H,6,10,12H2,1-5H3,(H,25,27). The predicted molar refractivity (Wildman–Crippen MR) is 122 cm³/mol. The Balaban J connectivity index is 1.84. The minimum atomic E-state index is 0.272. The molecule has 4 aromatic rings. The largest absolute Gasteiger partial charge is 0.477 e. The molecule has 4 heterocycles. The predicted octanol–water partition coefficient (Wildman–Crippen LogP) is 4.29. The van der Waals surface area contributed by atoms with E-state index < -0.39 is 0 Å². The van der Waals surface area contributed by atoms with Gasteiger partial charge in [-0.3, -0.25) is 4.68 Å². The van der Waals surface area contributed by atoms with E-state index in [1.165, 1.54) is 0 Å². The molecule has 4 aromatic heterocycles. The van der Waals surface area contributed by atoms with Crippen molar-refractivity contribution in [2.24, 2.45) is 14.1 Å². The van der Waals surface area contributed by atoms with Crippen LogP contribution in [0.3, 0.4) is 0 Å². The summed E-state index contributed by atoms with van der Waals surface area (Å²) < 4.78 is 9.69. The molecule has 0 saturated heterocycles. The second-order valence-electron chi connectivity index (χ2n) is 8.01. The van der Waals surface area contributed by atoms with E-state index in [2.05, 4.69) is 42.1 Å². The zero-order valence-corrected chi connectivity index (χ0v) is 18.8. The number of fused-ring (bicyclic) bond motifs is 1. The summed E-state index contributed by atoms with van der Waals surface area (Å²) in [7, 11) is 3.91. The Hall–Kier alpha value is -3.42. The first-order valence-corrected chi connectivity index (χ1v) is 10.6. The number of rotatable bonds is 8. The highest BCUT2D eigenvalue weighted by Crippen LogP contribution is 2.35. The van der Waals surface area contributed by atoms with Crippen molar-refractivity contribution in [3.63, 3.8) is 0 Å². The number of aryl methyl sites for hydroxylation is 2. The molecule has 4 rings (SSSR count).